The Morgan fingerprint density at radius 1 is 0.426 bits per heavy atom. The van der Waals surface area contributed by atoms with Gasteiger partial charge in [0.05, 0.1) is 11.1 Å². The first kappa shape index (κ1) is 80.4. The molecule has 0 saturated carbocycles. The molecule has 0 fully saturated rings. The summed E-state index contributed by atoms with van der Waals surface area (Å²) in [5.74, 6) is -10.2. The van der Waals surface area contributed by atoms with Crippen LogP contribution in [0, 0.1) is 11.8 Å². The second-order valence-corrected chi connectivity index (χ2v) is 26.3. The van der Waals surface area contributed by atoms with Crippen LogP contribution in [0.3, 0.4) is 0 Å². The van der Waals surface area contributed by atoms with Gasteiger partial charge in [0.1, 0.15) is 47.7 Å². The number of rotatable bonds is 31. The minimum Gasteiger partial charge on any atom is -0.458 e. The lowest BCUT2D eigenvalue weighted by atomic mass is 9.98. The lowest BCUT2D eigenvalue weighted by molar-refractivity contribution is -0.176. The van der Waals surface area contributed by atoms with Crippen LogP contribution >= 0.6 is 0 Å². The van der Waals surface area contributed by atoms with E-state index in [1.807, 2.05) is 0 Å². The summed E-state index contributed by atoms with van der Waals surface area (Å²) in [5.41, 5.74) is -6.71. The Kier molecular flexibility index (Phi) is 29.1. The molecule has 3 aromatic carbocycles. The molecule has 19 nitrogen and oxygen atoms in total. The average Bonchev–Trinajstić information content (AvgIpc) is 0.832. The number of nitrogens with zero attached hydrogens (tertiary/aromatic N) is 4. The van der Waals surface area contributed by atoms with Crippen molar-refractivity contribution in [3.63, 3.8) is 0 Å². The molecule has 0 aliphatic heterocycles. The average molecular weight is 1340 g/mol. The summed E-state index contributed by atoms with van der Waals surface area (Å²) in [4.78, 5) is 131. The van der Waals surface area contributed by atoms with Gasteiger partial charge in [0, 0.05) is 47.5 Å². The van der Waals surface area contributed by atoms with Gasteiger partial charge in [-0.3, -0.25) is 19.3 Å². The van der Waals surface area contributed by atoms with Gasteiger partial charge >= 0.3 is 48.3 Å². The van der Waals surface area contributed by atoms with Crippen molar-refractivity contribution < 1.29 is 107 Å². The molecule has 0 spiro atoms. The van der Waals surface area contributed by atoms with Crippen LogP contribution in [0.5, 0.6) is 0 Å². The third-order valence-corrected chi connectivity index (χ3v) is 14.7. The van der Waals surface area contributed by atoms with Crippen molar-refractivity contribution in [3.05, 3.63) is 107 Å². The van der Waals surface area contributed by atoms with Crippen LogP contribution < -0.4 is 0 Å². The zero-order valence-electron chi connectivity index (χ0n) is 56.4. The maximum absolute atomic E-state index is 15.9. The molecule has 0 N–H and O–H groups in total. The number of halogens is 8. The Labute approximate surface area is 544 Å². The Hall–Kier alpha value is -7.87. The molecule has 0 aliphatic rings. The second-order valence-electron chi connectivity index (χ2n) is 26.3. The molecule has 0 aromatic heterocycles. The van der Waals surface area contributed by atoms with Crippen LogP contribution in [0.25, 0.3) is 0 Å². The monoisotopic (exact) mass is 1340 g/mol. The fourth-order valence-corrected chi connectivity index (χ4v) is 9.50. The summed E-state index contributed by atoms with van der Waals surface area (Å²) in [6.07, 6.45) is -21.0. The second kappa shape index (κ2) is 34.0. The number of benzene rings is 3. The number of esters is 5. The van der Waals surface area contributed by atoms with Gasteiger partial charge in [0.25, 0.3) is 17.7 Å². The van der Waals surface area contributed by atoms with Gasteiger partial charge in [-0.05, 0) is 141 Å². The van der Waals surface area contributed by atoms with Crippen LogP contribution in [0.15, 0.2) is 78.9 Å². The van der Waals surface area contributed by atoms with Crippen LogP contribution in [0.1, 0.15) is 150 Å². The highest BCUT2D eigenvalue weighted by atomic mass is 19.4. The molecule has 3 rings (SSSR count). The van der Waals surface area contributed by atoms with E-state index in [0.717, 1.165) is 93.0 Å². The lowest BCUT2D eigenvalue weighted by Gasteiger charge is -2.35. The van der Waals surface area contributed by atoms with Gasteiger partial charge in [-0.1, -0.05) is 82.3 Å². The van der Waals surface area contributed by atoms with Crippen molar-refractivity contribution in [3.8, 4) is 0 Å². The minimum absolute atomic E-state index is 0.00818. The van der Waals surface area contributed by atoms with Crippen LogP contribution in [0.4, 0.5) is 39.9 Å². The largest absolute Gasteiger partial charge is 0.458 e. The van der Waals surface area contributed by atoms with Crippen LogP contribution in [-0.4, -0.2) is 167 Å². The van der Waals surface area contributed by atoms with Gasteiger partial charge in [0.15, 0.2) is 24.4 Å². The smallest absolute Gasteiger partial charge is 0.416 e. The molecule has 4 amide bonds. The number of carbonyl (C=O) groups excluding carboxylic acids is 9. The Balaban J connectivity index is 2.06. The van der Waals surface area contributed by atoms with Gasteiger partial charge in [-0.2, -0.15) is 26.3 Å². The standard InChI is InChI=1S/C67H90F8N4O15/c1-39(2)33-49(76(14)55(81)52(35-43-23-27-46(28-24-43)66(70,71)72)92-58(84)48(31-32-64(10,11)68)79(17)62(88)94-63(7,8)9)59(85)90-41(5)54(80)78(16)51(37-65(12,13)69)61(87)93-53(36-44-25-29-47(30-26-44)67(73,74)75)56(82)77(15)50(34-40(3)4)60(86)91-42(6)57(83)89-38-45-21-19-18-20-22-45/h18-30,39-42,48-53H,31-38H2,1-17H3/t41-,42-,48+,49+,50+,51+,52-,53-/m1/s1. The van der Waals surface area contributed by atoms with Crippen LogP contribution in [-0.2, 0) is 98.6 Å². The van der Waals surface area contributed by atoms with E-state index in [9.17, 15) is 69.5 Å². The number of carbonyl (C=O) groups is 9. The summed E-state index contributed by atoms with van der Waals surface area (Å²) < 4.78 is 147. The summed E-state index contributed by atoms with van der Waals surface area (Å²) >= 11 is 0. The predicted molar refractivity (Wildman–Crippen MR) is 328 cm³/mol. The molecule has 3 aromatic rings. The normalized spacial score (nSPS) is 14.8. The van der Waals surface area contributed by atoms with E-state index in [4.69, 9.17) is 28.4 Å². The fourth-order valence-electron chi connectivity index (χ4n) is 9.50. The lowest BCUT2D eigenvalue weighted by Crippen LogP contribution is -2.54. The molecule has 94 heavy (non-hydrogen) atoms. The summed E-state index contributed by atoms with van der Waals surface area (Å²) in [6, 6.07) is 8.83. The number of ether oxygens (including phenoxy) is 6. The van der Waals surface area contributed by atoms with Crippen molar-refractivity contribution in [2.45, 2.75) is 219 Å². The molecule has 0 radical (unpaired) electrons. The molecule has 0 saturated heterocycles. The maximum Gasteiger partial charge on any atom is 0.416 e. The van der Waals surface area contributed by atoms with E-state index in [2.05, 4.69) is 0 Å². The Bertz CT molecular complexity index is 3030. The third kappa shape index (κ3) is 26.1. The Morgan fingerprint density at radius 3 is 1.18 bits per heavy atom. The highest BCUT2D eigenvalue weighted by molar-refractivity contribution is 5.93. The molecule has 8 atom stereocenters. The third-order valence-electron chi connectivity index (χ3n) is 14.7. The van der Waals surface area contributed by atoms with E-state index in [0.29, 0.717) is 22.6 Å². The number of alkyl halides is 8. The minimum atomic E-state index is -4.78. The first-order valence-corrected chi connectivity index (χ1v) is 30.6. The van der Waals surface area contributed by atoms with E-state index < -0.39 is 168 Å². The van der Waals surface area contributed by atoms with Gasteiger partial charge in [0.2, 0.25) is 0 Å². The molecule has 27 heteroatoms. The summed E-state index contributed by atoms with van der Waals surface area (Å²) in [6.45, 7) is 18.0. The molecular formula is C67H90F8N4O15. The van der Waals surface area contributed by atoms with Crippen molar-refractivity contribution in [2.75, 3.05) is 28.2 Å². The molecular weight excluding hydrogens is 1250 g/mol. The topological polar surface area (TPSA) is 222 Å². The highest BCUT2D eigenvalue weighted by Crippen LogP contribution is 2.32. The van der Waals surface area contributed by atoms with E-state index in [1.54, 1.807) is 78.8 Å². The molecule has 524 valence electrons. The van der Waals surface area contributed by atoms with Gasteiger partial charge < -0.3 is 43.1 Å². The first-order chi connectivity index (χ1) is 43.1. The van der Waals surface area contributed by atoms with Crippen molar-refractivity contribution in [1.29, 1.82) is 0 Å². The first-order valence-electron chi connectivity index (χ1n) is 30.6. The maximum atomic E-state index is 15.9. The van der Waals surface area contributed by atoms with Crippen LogP contribution in [0.2, 0.25) is 0 Å². The molecule has 0 aliphatic carbocycles. The van der Waals surface area contributed by atoms with E-state index in [-0.39, 0.29) is 49.3 Å². The molecule has 0 bridgehead atoms. The van der Waals surface area contributed by atoms with E-state index >= 15 is 8.78 Å². The zero-order valence-corrected chi connectivity index (χ0v) is 56.4. The Morgan fingerprint density at radius 2 is 0.809 bits per heavy atom. The molecule has 0 unspecified atom stereocenters. The zero-order chi connectivity index (χ0) is 71.8. The highest BCUT2D eigenvalue weighted by Gasteiger charge is 2.44. The number of likely N-dealkylation sites (N-methyl/N-ethyl adjacent to an activating group) is 4. The van der Waals surface area contributed by atoms with E-state index in [1.165, 1.54) is 27.8 Å². The van der Waals surface area contributed by atoms with Crippen molar-refractivity contribution >= 4 is 53.7 Å². The molecule has 0 heterocycles. The summed E-state index contributed by atoms with van der Waals surface area (Å²) in [7, 11) is 4.47. The number of hydrogen-bond acceptors (Lipinski definition) is 15. The van der Waals surface area contributed by atoms with Crippen molar-refractivity contribution in [1.82, 2.24) is 19.6 Å². The SMILES string of the molecule is CC(C)C[C@@H](C(=O)O[C@H](C)C(=O)N(C)[C@@H](CC(C)(C)F)C(=O)O[C@H](Cc1ccc(C(F)(F)F)cc1)C(=O)N(C)[C@@H](CC(C)C)C(=O)O[C@H](C)C(=O)OCc1ccccc1)N(C)C(=O)[C@@H](Cc1ccc(C(F)(F)F)cc1)OC(=O)[C@H](CCC(C)(C)F)N(C)C(=O)OC(C)(C)C. The van der Waals surface area contributed by atoms with Crippen molar-refractivity contribution in [2.24, 2.45) is 11.8 Å². The summed E-state index contributed by atoms with van der Waals surface area (Å²) in [5, 5.41) is 0. The fraction of sp³-hybridized carbons (Fsp3) is 0.597. The quantitative estimate of drug-likeness (QED) is 0.0332. The number of amides is 4. The van der Waals surface area contributed by atoms with Gasteiger partial charge in [-0.25, -0.2) is 37.5 Å². The number of hydrogen-bond donors (Lipinski definition) is 0. The predicted octanol–water partition coefficient (Wildman–Crippen LogP) is 11.4. The van der Waals surface area contributed by atoms with Gasteiger partial charge in [-0.15, -0.1) is 0 Å².